The van der Waals surface area contributed by atoms with Crippen LogP contribution in [0.4, 0.5) is 4.79 Å². The Labute approximate surface area is 128 Å². The number of amides is 2. The van der Waals surface area contributed by atoms with E-state index in [-0.39, 0.29) is 6.03 Å². The van der Waals surface area contributed by atoms with Crippen LogP contribution in [0.15, 0.2) is 0 Å². The minimum atomic E-state index is 0.0977. The number of carbonyl (C=O) groups excluding carboxylic acids is 1. The summed E-state index contributed by atoms with van der Waals surface area (Å²) in [5, 5.41) is 3.01. The van der Waals surface area contributed by atoms with E-state index in [9.17, 15) is 4.79 Å². The van der Waals surface area contributed by atoms with Gasteiger partial charge < -0.3 is 20.7 Å². The van der Waals surface area contributed by atoms with Gasteiger partial charge in [-0.05, 0) is 44.9 Å². The maximum atomic E-state index is 12.0. The summed E-state index contributed by atoms with van der Waals surface area (Å²) in [6.45, 7) is 3.26. The lowest BCUT2D eigenvalue weighted by Gasteiger charge is -2.26. The molecular formula is C16H31N3O2. The van der Waals surface area contributed by atoms with Gasteiger partial charge in [-0.25, -0.2) is 4.79 Å². The second kappa shape index (κ2) is 9.26. The molecule has 0 bridgehead atoms. The molecule has 1 heterocycles. The molecule has 2 fully saturated rings. The number of carbonyl (C=O) groups is 1. The van der Waals surface area contributed by atoms with Crippen molar-refractivity contribution in [1.29, 1.82) is 0 Å². The van der Waals surface area contributed by atoms with Gasteiger partial charge in [-0.2, -0.15) is 0 Å². The normalized spacial score (nSPS) is 27.2. The molecular weight excluding hydrogens is 266 g/mol. The monoisotopic (exact) mass is 297 g/mol. The Morgan fingerprint density at radius 2 is 1.76 bits per heavy atom. The first-order valence-electron chi connectivity index (χ1n) is 8.65. The Morgan fingerprint density at radius 1 is 1.10 bits per heavy atom. The number of nitrogens with two attached hydrogens (primary N) is 1. The first kappa shape index (κ1) is 16.6. The van der Waals surface area contributed by atoms with E-state index in [1.165, 1.54) is 12.8 Å². The summed E-state index contributed by atoms with van der Waals surface area (Å²) in [4.78, 5) is 14.0. The van der Waals surface area contributed by atoms with Crippen LogP contribution in [-0.4, -0.2) is 49.3 Å². The molecule has 0 unspecified atom stereocenters. The number of hydrogen-bond donors (Lipinski definition) is 2. The van der Waals surface area contributed by atoms with Gasteiger partial charge in [0.2, 0.25) is 0 Å². The molecule has 5 heteroatoms. The minimum absolute atomic E-state index is 0.0977. The van der Waals surface area contributed by atoms with Crippen molar-refractivity contribution < 1.29 is 9.53 Å². The molecule has 1 aliphatic carbocycles. The molecule has 0 spiro atoms. The fourth-order valence-corrected chi connectivity index (χ4v) is 3.16. The maximum absolute atomic E-state index is 12.0. The highest BCUT2D eigenvalue weighted by atomic mass is 16.5. The van der Waals surface area contributed by atoms with Gasteiger partial charge in [0, 0.05) is 32.3 Å². The Morgan fingerprint density at radius 3 is 2.43 bits per heavy atom. The van der Waals surface area contributed by atoms with Crippen molar-refractivity contribution in [1.82, 2.24) is 10.2 Å². The zero-order valence-corrected chi connectivity index (χ0v) is 13.2. The van der Waals surface area contributed by atoms with Crippen LogP contribution in [0.25, 0.3) is 0 Å². The second-order valence-electron chi connectivity index (χ2n) is 6.39. The predicted octanol–water partition coefficient (Wildman–Crippen LogP) is 2.25. The van der Waals surface area contributed by atoms with E-state index in [4.69, 9.17) is 10.5 Å². The van der Waals surface area contributed by atoms with Gasteiger partial charge in [-0.15, -0.1) is 0 Å². The van der Waals surface area contributed by atoms with Crippen molar-refractivity contribution in [3.63, 3.8) is 0 Å². The first-order chi connectivity index (χ1) is 10.3. The van der Waals surface area contributed by atoms with Crippen molar-refractivity contribution in [2.24, 2.45) is 5.73 Å². The van der Waals surface area contributed by atoms with Crippen LogP contribution in [-0.2, 0) is 4.74 Å². The van der Waals surface area contributed by atoms with Gasteiger partial charge >= 0.3 is 6.03 Å². The van der Waals surface area contributed by atoms with Crippen molar-refractivity contribution in [3.8, 4) is 0 Å². The van der Waals surface area contributed by atoms with Crippen LogP contribution in [0.1, 0.15) is 57.8 Å². The Kier molecular flexibility index (Phi) is 7.30. The smallest absolute Gasteiger partial charge is 0.317 e. The van der Waals surface area contributed by atoms with Gasteiger partial charge in [-0.1, -0.05) is 12.8 Å². The number of likely N-dealkylation sites (tertiary alicyclic amines) is 1. The maximum Gasteiger partial charge on any atom is 0.317 e. The molecule has 2 aliphatic rings. The lowest BCUT2D eigenvalue weighted by atomic mass is 9.94. The van der Waals surface area contributed by atoms with Crippen molar-refractivity contribution in [2.75, 3.05) is 26.2 Å². The van der Waals surface area contributed by atoms with Gasteiger partial charge in [0.05, 0.1) is 6.10 Å². The van der Waals surface area contributed by atoms with Crippen LogP contribution in [0.5, 0.6) is 0 Å². The topological polar surface area (TPSA) is 67.6 Å². The molecule has 0 aromatic heterocycles. The number of hydrogen-bond acceptors (Lipinski definition) is 3. The quantitative estimate of drug-likeness (QED) is 0.765. The minimum Gasteiger partial charge on any atom is -0.378 e. The van der Waals surface area contributed by atoms with E-state index in [0.29, 0.717) is 18.7 Å². The third-order valence-corrected chi connectivity index (χ3v) is 4.56. The lowest BCUT2D eigenvalue weighted by molar-refractivity contribution is 0.0242. The van der Waals surface area contributed by atoms with Gasteiger partial charge in [0.1, 0.15) is 0 Å². The third kappa shape index (κ3) is 6.22. The van der Waals surface area contributed by atoms with E-state index in [2.05, 4.69) is 5.32 Å². The number of nitrogens with one attached hydrogen (secondary N) is 1. The summed E-state index contributed by atoms with van der Waals surface area (Å²) >= 11 is 0. The molecule has 0 radical (unpaired) electrons. The van der Waals surface area contributed by atoms with Crippen molar-refractivity contribution in [3.05, 3.63) is 0 Å². The lowest BCUT2D eigenvalue weighted by Crippen LogP contribution is -2.41. The number of nitrogens with zero attached hydrogens (tertiary/aromatic N) is 1. The van der Waals surface area contributed by atoms with Gasteiger partial charge in [0.25, 0.3) is 0 Å². The SMILES string of the molecule is NC1CCC(OCCCNC(=O)N2CCCCCC2)CC1. The predicted molar refractivity (Wildman–Crippen MR) is 84.2 cm³/mol. The third-order valence-electron chi connectivity index (χ3n) is 4.56. The molecule has 1 aliphatic heterocycles. The van der Waals surface area contributed by atoms with Crippen molar-refractivity contribution in [2.45, 2.75) is 69.9 Å². The summed E-state index contributed by atoms with van der Waals surface area (Å²) in [6, 6.07) is 0.471. The Balaban J connectivity index is 1.50. The molecule has 2 rings (SSSR count). The zero-order chi connectivity index (χ0) is 14.9. The average molecular weight is 297 g/mol. The molecule has 5 nitrogen and oxygen atoms in total. The van der Waals surface area contributed by atoms with Gasteiger partial charge in [-0.3, -0.25) is 0 Å². The van der Waals surface area contributed by atoms with Crippen LogP contribution >= 0.6 is 0 Å². The van der Waals surface area contributed by atoms with E-state index < -0.39 is 0 Å². The van der Waals surface area contributed by atoms with Crippen LogP contribution in [0.2, 0.25) is 0 Å². The molecule has 0 aromatic carbocycles. The number of rotatable bonds is 5. The molecule has 0 aromatic rings. The fraction of sp³-hybridized carbons (Fsp3) is 0.938. The highest BCUT2D eigenvalue weighted by Gasteiger charge is 2.18. The second-order valence-corrected chi connectivity index (χ2v) is 6.39. The highest BCUT2D eigenvalue weighted by molar-refractivity contribution is 5.74. The van der Waals surface area contributed by atoms with Crippen LogP contribution in [0, 0.1) is 0 Å². The fourth-order valence-electron chi connectivity index (χ4n) is 3.16. The molecule has 122 valence electrons. The van der Waals surface area contributed by atoms with E-state index in [1.54, 1.807) is 0 Å². The Bertz CT molecular complexity index is 296. The average Bonchev–Trinajstić information content (AvgIpc) is 2.78. The largest absolute Gasteiger partial charge is 0.378 e. The molecule has 3 N–H and O–H groups in total. The van der Waals surface area contributed by atoms with Crippen molar-refractivity contribution >= 4 is 6.03 Å². The first-order valence-corrected chi connectivity index (χ1v) is 8.65. The molecule has 1 saturated heterocycles. The Hall–Kier alpha value is -0.810. The van der Waals surface area contributed by atoms with E-state index >= 15 is 0 Å². The van der Waals surface area contributed by atoms with Crippen LogP contribution in [0.3, 0.4) is 0 Å². The molecule has 0 atom stereocenters. The molecule has 21 heavy (non-hydrogen) atoms. The number of urea groups is 1. The van der Waals surface area contributed by atoms with E-state index in [1.807, 2.05) is 4.90 Å². The number of ether oxygens (including phenoxy) is 1. The summed E-state index contributed by atoms with van der Waals surface area (Å²) < 4.78 is 5.86. The summed E-state index contributed by atoms with van der Waals surface area (Å²) in [7, 11) is 0. The molecule has 1 saturated carbocycles. The van der Waals surface area contributed by atoms with Crippen LogP contribution < -0.4 is 11.1 Å². The zero-order valence-electron chi connectivity index (χ0n) is 13.2. The summed E-state index contributed by atoms with van der Waals surface area (Å²) in [5.74, 6) is 0. The summed E-state index contributed by atoms with van der Waals surface area (Å²) in [5.41, 5.74) is 5.88. The standard InChI is InChI=1S/C16H31N3O2/c17-14-6-8-15(9-7-14)21-13-5-10-18-16(20)19-11-3-1-2-4-12-19/h14-15H,1-13,17H2,(H,18,20). The summed E-state index contributed by atoms with van der Waals surface area (Å²) in [6.07, 6.45) is 10.4. The highest BCUT2D eigenvalue weighted by Crippen LogP contribution is 2.19. The van der Waals surface area contributed by atoms with Gasteiger partial charge in [0.15, 0.2) is 0 Å². The molecule has 2 amide bonds. The van der Waals surface area contributed by atoms with E-state index in [0.717, 1.165) is 64.6 Å².